The predicted octanol–water partition coefficient (Wildman–Crippen LogP) is 4.04. The van der Waals surface area contributed by atoms with Gasteiger partial charge >= 0.3 is 0 Å². The SMILES string of the molecule is O=C(c1ccccc1)C(C/C=C\C1CCCCC1)[N+](=O)[O-]. The molecule has 0 N–H and O–H groups in total. The minimum Gasteiger partial charge on any atom is -0.286 e. The monoisotopic (exact) mass is 287 g/mol. The van der Waals surface area contributed by atoms with Crippen molar-refractivity contribution in [3.8, 4) is 0 Å². The number of rotatable bonds is 6. The van der Waals surface area contributed by atoms with Crippen LogP contribution in [0.25, 0.3) is 0 Å². The van der Waals surface area contributed by atoms with E-state index in [1.165, 1.54) is 19.3 Å². The molecule has 0 spiro atoms. The summed E-state index contributed by atoms with van der Waals surface area (Å²) in [5.74, 6) is 0.117. The van der Waals surface area contributed by atoms with E-state index < -0.39 is 16.7 Å². The summed E-state index contributed by atoms with van der Waals surface area (Å²) in [6, 6.07) is 7.32. The van der Waals surface area contributed by atoms with Crippen LogP contribution in [0.15, 0.2) is 42.5 Å². The number of benzene rings is 1. The molecule has 1 fully saturated rings. The van der Waals surface area contributed by atoms with Crippen LogP contribution in [0.1, 0.15) is 48.9 Å². The molecule has 1 aliphatic carbocycles. The standard InChI is InChI=1S/C17H21NO3/c19-17(15-11-5-2-6-12-15)16(18(20)21)13-7-10-14-8-3-1-4-9-14/h2,5-7,10-12,14,16H,1,3-4,8-9,13H2/b10-7-. The van der Waals surface area contributed by atoms with E-state index in [1.807, 2.05) is 6.08 Å². The Bertz CT molecular complexity index is 504. The summed E-state index contributed by atoms with van der Waals surface area (Å²) >= 11 is 0. The highest BCUT2D eigenvalue weighted by Gasteiger charge is 2.29. The molecule has 1 aliphatic rings. The van der Waals surface area contributed by atoms with E-state index in [9.17, 15) is 14.9 Å². The molecule has 1 atom stereocenters. The van der Waals surface area contributed by atoms with Gasteiger partial charge in [0.05, 0.1) is 0 Å². The van der Waals surface area contributed by atoms with Gasteiger partial charge in [-0.05, 0) is 18.8 Å². The summed E-state index contributed by atoms with van der Waals surface area (Å²) in [6.07, 6.45) is 10.1. The zero-order valence-electron chi connectivity index (χ0n) is 12.1. The van der Waals surface area contributed by atoms with Crippen LogP contribution in [0.4, 0.5) is 0 Å². The fraction of sp³-hybridized carbons (Fsp3) is 0.471. The maximum Gasteiger partial charge on any atom is 0.278 e. The van der Waals surface area contributed by atoms with E-state index in [2.05, 4.69) is 6.08 Å². The Morgan fingerprint density at radius 3 is 2.52 bits per heavy atom. The number of nitro groups is 1. The highest BCUT2D eigenvalue weighted by atomic mass is 16.6. The van der Waals surface area contributed by atoms with Crippen LogP contribution in [0.3, 0.4) is 0 Å². The van der Waals surface area contributed by atoms with Crippen molar-refractivity contribution in [3.05, 3.63) is 58.2 Å². The second kappa shape index (κ2) is 7.72. The van der Waals surface area contributed by atoms with E-state index in [0.717, 1.165) is 12.8 Å². The first-order chi connectivity index (χ1) is 10.2. The Kier molecular flexibility index (Phi) is 5.67. The van der Waals surface area contributed by atoms with Gasteiger partial charge in [0.15, 0.2) is 0 Å². The van der Waals surface area contributed by atoms with Crippen LogP contribution in [0.5, 0.6) is 0 Å². The molecule has 0 bridgehead atoms. The molecule has 0 aromatic heterocycles. The second-order valence-electron chi connectivity index (χ2n) is 5.59. The lowest BCUT2D eigenvalue weighted by Crippen LogP contribution is -2.29. The second-order valence-corrected chi connectivity index (χ2v) is 5.59. The number of carbonyl (C=O) groups is 1. The average Bonchev–Trinajstić information content (AvgIpc) is 2.52. The molecule has 4 nitrogen and oxygen atoms in total. The van der Waals surface area contributed by atoms with Crippen molar-refractivity contribution >= 4 is 5.78 Å². The highest BCUT2D eigenvalue weighted by Crippen LogP contribution is 2.24. The molecule has 0 saturated heterocycles. The van der Waals surface area contributed by atoms with Gasteiger partial charge in [-0.3, -0.25) is 14.9 Å². The number of carbonyl (C=O) groups excluding carboxylic acids is 1. The van der Waals surface area contributed by atoms with Gasteiger partial charge in [-0.2, -0.15) is 0 Å². The van der Waals surface area contributed by atoms with Crippen LogP contribution >= 0.6 is 0 Å². The third-order valence-corrected chi connectivity index (χ3v) is 4.03. The summed E-state index contributed by atoms with van der Waals surface area (Å²) < 4.78 is 0. The molecule has 1 saturated carbocycles. The number of hydrogen-bond acceptors (Lipinski definition) is 3. The number of ketones is 1. The van der Waals surface area contributed by atoms with Crippen molar-refractivity contribution in [2.45, 2.75) is 44.6 Å². The van der Waals surface area contributed by atoms with E-state index in [0.29, 0.717) is 11.5 Å². The van der Waals surface area contributed by atoms with Gasteiger partial charge in [0.2, 0.25) is 5.78 Å². The van der Waals surface area contributed by atoms with Crippen molar-refractivity contribution in [1.29, 1.82) is 0 Å². The lowest BCUT2D eigenvalue weighted by atomic mass is 9.88. The molecule has 0 aliphatic heterocycles. The van der Waals surface area contributed by atoms with Gasteiger partial charge in [0, 0.05) is 16.9 Å². The fourth-order valence-electron chi connectivity index (χ4n) is 2.81. The smallest absolute Gasteiger partial charge is 0.278 e. The predicted molar refractivity (Wildman–Crippen MR) is 81.9 cm³/mol. The fourth-order valence-corrected chi connectivity index (χ4v) is 2.81. The quantitative estimate of drug-likeness (QED) is 0.343. The Morgan fingerprint density at radius 1 is 1.24 bits per heavy atom. The summed E-state index contributed by atoms with van der Waals surface area (Å²) in [6.45, 7) is 0. The topological polar surface area (TPSA) is 60.2 Å². The largest absolute Gasteiger partial charge is 0.286 e. The van der Waals surface area contributed by atoms with Crippen LogP contribution in [0.2, 0.25) is 0 Å². The van der Waals surface area contributed by atoms with E-state index in [-0.39, 0.29) is 6.42 Å². The van der Waals surface area contributed by atoms with E-state index in [4.69, 9.17) is 0 Å². The lowest BCUT2D eigenvalue weighted by Gasteiger charge is -2.17. The first-order valence-corrected chi connectivity index (χ1v) is 7.58. The molecular formula is C17H21NO3. The third kappa shape index (κ3) is 4.52. The van der Waals surface area contributed by atoms with Gasteiger partial charge in [-0.1, -0.05) is 61.7 Å². The van der Waals surface area contributed by atoms with E-state index >= 15 is 0 Å². The van der Waals surface area contributed by atoms with Crippen molar-refractivity contribution in [3.63, 3.8) is 0 Å². The van der Waals surface area contributed by atoms with Gasteiger partial charge < -0.3 is 0 Å². The summed E-state index contributed by atoms with van der Waals surface area (Å²) in [7, 11) is 0. The third-order valence-electron chi connectivity index (χ3n) is 4.03. The molecule has 2 rings (SSSR count). The minimum atomic E-state index is -1.17. The summed E-state index contributed by atoms with van der Waals surface area (Å²) in [5, 5.41) is 11.1. The van der Waals surface area contributed by atoms with Crippen molar-refractivity contribution in [1.82, 2.24) is 0 Å². The zero-order valence-corrected chi connectivity index (χ0v) is 12.1. The van der Waals surface area contributed by atoms with Crippen LogP contribution < -0.4 is 0 Å². The minimum absolute atomic E-state index is 0.178. The van der Waals surface area contributed by atoms with Crippen LogP contribution in [-0.4, -0.2) is 16.7 Å². The number of Topliss-reactive ketones (excluding diaryl/α,β-unsaturated/α-hetero) is 1. The molecule has 1 aromatic rings. The van der Waals surface area contributed by atoms with Crippen molar-refractivity contribution in [2.75, 3.05) is 0 Å². The molecule has 4 heteroatoms. The molecular weight excluding hydrogens is 266 g/mol. The lowest BCUT2D eigenvalue weighted by molar-refractivity contribution is -0.504. The molecule has 0 heterocycles. The first-order valence-electron chi connectivity index (χ1n) is 7.58. The van der Waals surface area contributed by atoms with Crippen molar-refractivity contribution in [2.24, 2.45) is 5.92 Å². The molecule has 1 unspecified atom stereocenters. The Hall–Kier alpha value is -1.97. The number of nitrogens with zero attached hydrogens (tertiary/aromatic N) is 1. The number of allylic oxidation sites excluding steroid dienone is 1. The molecule has 21 heavy (non-hydrogen) atoms. The average molecular weight is 287 g/mol. The molecule has 1 aromatic carbocycles. The van der Waals surface area contributed by atoms with Gasteiger partial charge in [-0.25, -0.2) is 0 Å². The molecule has 0 amide bonds. The van der Waals surface area contributed by atoms with E-state index in [1.54, 1.807) is 30.3 Å². The Labute approximate surface area is 125 Å². The molecule has 112 valence electrons. The van der Waals surface area contributed by atoms with Gasteiger partial charge in [0.25, 0.3) is 6.04 Å². The van der Waals surface area contributed by atoms with Gasteiger partial charge in [0.1, 0.15) is 0 Å². The summed E-state index contributed by atoms with van der Waals surface area (Å²) in [5.41, 5.74) is 0.408. The first kappa shape index (κ1) is 15.4. The number of hydrogen-bond donors (Lipinski definition) is 0. The normalized spacial score (nSPS) is 17.7. The maximum atomic E-state index is 12.2. The van der Waals surface area contributed by atoms with Gasteiger partial charge in [-0.15, -0.1) is 0 Å². The Balaban J connectivity index is 1.97. The van der Waals surface area contributed by atoms with Crippen LogP contribution in [-0.2, 0) is 0 Å². The molecule has 0 radical (unpaired) electrons. The van der Waals surface area contributed by atoms with Crippen LogP contribution in [0, 0.1) is 16.0 Å². The van der Waals surface area contributed by atoms with Crippen molar-refractivity contribution < 1.29 is 9.72 Å². The Morgan fingerprint density at radius 2 is 1.90 bits per heavy atom. The maximum absolute atomic E-state index is 12.2. The summed E-state index contributed by atoms with van der Waals surface area (Å²) in [4.78, 5) is 22.9. The zero-order chi connectivity index (χ0) is 15.1. The highest BCUT2D eigenvalue weighted by molar-refractivity contribution is 5.99.